The number of rotatable bonds is 9. The minimum absolute atomic E-state index is 0. The molecule has 3 rings (SSSR count). The lowest BCUT2D eigenvalue weighted by molar-refractivity contribution is -0.130. The number of para-hydroxylation sites is 2. The molecule has 2 fully saturated rings. The van der Waals surface area contributed by atoms with Crippen LogP contribution in [0.1, 0.15) is 45.4 Å². The normalized spacial score (nSPS) is 19.4. The molecule has 1 aromatic carbocycles. The van der Waals surface area contributed by atoms with Crippen LogP contribution >= 0.6 is 24.0 Å². The van der Waals surface area contributed by atoms with E-state index >= 15 is 0 Å². The third kappa shape index (κ3) is 8.01. The van der Waals surface area contributed by atoms with Crippen LogP contribution in [0.15, 0.2) is 29.3 Å². The van der Waals surface area contributed by atoms with Gasteiger partial charge in [-0.2, -0.15) is 0 Å². The van der Waals surface area contributed by atoms with Crippen molar-refractivity contribution in [3.63, 3.8) is 0 Å². The van der Waals surface area contributed by atoms with Crippen molar-refractivity contribution in [2.45, 2.75) is 45.4 Å². The van der Waals surface area contributed by atoms with Crippen LogP contribution < -0.4 is 20.3 Å². The summed E-state index contributed by atoms with van der Waals surface area (Å²) in [4.78, 5) is 21.4. The first-order valence-electron chi connectivity index (χ1n) is 11.9. The van der Waals surface area contributed by atoms with E-state index in [0.717, 1.165) is 83.2 Å². The summed E-state index contributed by atoms with van der Waals surface area (Å²) in [6.45, 7) is 8.35. The molecule has 0 bridgehead atoms. The summed E-state index contributed by atoms with van der Waals surface area (Å²) >= 11 is 0. The summed E-state index contributed by atoms with van der Waals surface area (Å²) in [7, 11) is 1.73. The number of likely N-dealkylation sites (tertiary alicyclic amines) is 1. The molecular weight excluding hydrogens is 517 g/mol. The lowest BCUT2D eigenvalue weighted by Crippen LogP contribution is -2.39. The Morgan fingerprint density at radius 1 is 1.19 bits per heavy atom. The second-order valence-electron chi connectivity index (χ2n) is 8.46. The van der Waals surface area contributed by atoms with Gasteiger partial charge in [-0.25, -0.2) is 0 Å². The van der Waals surface area contributed by atoms with Gasteiger partial charge in [-0.05, 0) is 50.7 Å². The number of carbonyl (C=O) groups is 1. The number of hydrogen-bond donors (Lipinski definition) is 2. The molecule has 1 atom stereocenters. The third-order valence-corrected chi connectivity index (χ3v) is 6.13. The zero-order chi connectivity index (χ0) is 21.9. The predicted octanol–water partition coefficient (Wildman–Crippen LogP) is 3.49. The number of halogens is 1. The minimum atomic E-state index is 0. The van der Waals surface area contributed by atoms with Crippen LogP contribution in [0.2, 0.25) is 0 Å². The van der Waals surface area contributed by atoms with E-state index in [1.807, 2.05) is 17.0 Å². The lowest BCUT2D eigenvalue weighted by Gasteiger charge is -2.21. The second kappa shape index (κ2) is 14.4. The van der Waals surface area contributed by atoms with Crippen LogP contribution in [-0.2, 0) is 4.79 Å². The molecular formula is C24H40IN5O2. The Labute approximate surface area is 210 Å². The van der Waals surface area contributed by atoms with E-state index < -0.39 is 0 Å². The highest BCUT2D eigenvalue weighted by Gasteiger charge is 2.24. The fourth-order valence-electron chi connectivity index (χ4n) is 4.41. The Balaban J connectivity index is 0.00000363. The smallest absolute Gasteiger partial charge is 0.222 e. The minimum Gasteiger partial charge on any atom is -0.495 e. The monoisotopic (exact) mass is 557 g/mol. The van der Waals surface area contributed by atoms with E-state index in [1.54, 1.807) is 7.11 Å². The number of amides is 1. The van der Waals surface area contributed by atoms with Crippen molar-refractivity contribution in [2.24, 2.45) is 10.9 Å². The molecule has 2 saturated heterocycles. The van der Waals surface area contributed by atoms with E-state index in [9.17, 15) is 4.79 Å². The van der Waals surface area contributed by atoms with Gasteiger partial charge in [0.25, 0.3) is 0 Å². The first-order chi connectivity index (χ1) is 15.2. The molecule has 2 heterocycles. The molecule has 0 radical (unpaired) electrons. The Hall–Kier alpha value is -1.71. The zero-order valence-corrected chi connectivity index (χ0v) is 22.0. The molecule has 1 amide bonds. The van der Waals surface area contributed by atoms with Gasteiger partial charge in [-0.15, -0.1) is 24.0 Å². The molecule has 1 aromatic rings. The van der Waals surface area contributed by atoms with Crippen molar-refractivity contribution in [1.29, 1.82) is 0 Å². The molecule has 0 spiro atoms. The summed E-state index contributed by atoms with van der Waals surface area (Å²) in [5.41, 5.74) is 1.17. The average Bonchev–Trinajstić information content (AvgIpc) is 3.17. The van der Waals surface area contributed by atoms with Gasteiger partial charge >= 0.3 is 0 Å². The van der Waals surface area contributed by atoms with Crippen molar-refractivity contribution in [1.82, 2.24) is 15.5 Å². The lowest BCUT2D eigenvalue weighted by atomic mass is 10.1. The summed E-state index contributed by atoms with van der Waals surface area (Å²) < 4.78 is 5.52. The SMILES string of the molecule is CCNC(=NCC1CCN(c2ccccc2OC)C1)NCCCN1CCCCCC1=O.I. The number of hydrogen-bond acceptors (Lipinski definition) is 4. The fraction of sp³-hybridized carbons (Fsp3) is 0.667. The van der Waals surface area contributed by atoms with E-state index in [1.165, 1.54) is 12.1 Å². The second-order valence-corrected chi connectivity index (χ2v) is 8.46. The van der Waals surface area contributed by atoms with E-state index in [0.29, 0.717) is 18.2 Å². The molecule has 32 heavy (non-hydrogen) atoms. The fourth-order valence-corrected chi connectivity index (χ4v) is 4.41. The number of nitrogens with zero attached hydrogens (tertiary/aromatic N) is 3. The van der Waals surface area contributed by atoms with Gasteiger partial charge in [0.2, 0.25) is 5.91 Å². The van der Waals surface area contributed by atoms with E-state index in [4.69, 9.17) is 9.73 Å². The molecule has 1 unspecified atom stereocenters. The molecule has 0 saturated carbocycles. The first kappa shape index (κ1) is 26.5. The number of nitrogens with one attached hydrogen (secondary N) is 2. The van der Waals surface area contributed by atoms with E-state index in [-0.39, 0.29) is 24.0 Å². The van der Waals surface area contributed by atoms with Gasteiger partial charge in [-0.1, -0.05) is 18.6 Å². The van der Waals surface area contributed by atoms with Crippen LogP contribution in [-0.4, -0.2) is 69.7 Å². The van der Waals surface area contributed by atoms with Gasteiger partial charge in [-0.3, -0.25) is 9.79 Å². The highest BCUT2D eigenvalue weighted by molar-refractivity contribution is 14.0. The molecule has 8 heteroatoms. The molecule has 0 aliphatic carbocycles. The third-order valence-electron chi connectivity index (χ3n) is 6.13. The van der Waals surface area contributed by atoms with Crippen LogP contribution in [0, 0.1) is 5.92 Å². The first-order valence-corrected chi connectivity index (χ1v) is 11.9. The van der Waals surface area contributed by atoms with Crippen LogP contribution in [0.4, 0.5) is 5.69 Å². The molecule has 2 N–H and O–H groups in total. The van der Waals surface area contributed by atoms with Crippen LogP contribution in [0.5, 0.6) is 5.75 Å². The summed E-state index contributed by atoms with van der Waals surface area (Å²) in [6, 6.07) is 8.23. The average molecular weight is 558 g/mol. The molecule has 2 aliphatic rings. The zero-order valence-electron chi connectivity index (χ0n) is 19.6. The van der Waals surface area contributed by atoms with Gasteiger partial charge < -0.3 is 25.2 Å². The quantitative estimate of drug-likeness (QED) is 0.211. The Kier molecular flexibility index (Phi) is 12.0. The standard InChI is InChI=1S/C24H39N5O2.HI/c1-3-25-24(26-14-9-16-28-15-8-4-5-12-23(28)30)27-18-20-13-17-29(19-20)21-10-6-7-11-22(21)31-2;/h6-7,10-11,20H,3-5,8-9,12-19H2,1-2H3,(H2,25,26,27);1H. The number of carbonyl (C=O) groups excluding carboxylic acids is 1. The highest BCUT2D eigenvalue weighted by atomic mass is 127. The highest BCUT2D eigenvalue weighted by Crippen LogP contribution is 2.31. The number of ether oxygens (including phenoxy) is 1. The summed E-state index contributed by atoms with van der Waals surface area (Å²) in [5, 5.41) is 6.79. The molecule has 7 nitrogen and oxygen atoms in total. The maximum atomic E-state index is 12.1. The number of anilines is 1. The summed E-state index contributed by atoms with van der Waals surface area (Å²) in [6.07, 6.45) is 6.15. The number of benzene rings is 1. The number of methoxy groups -OCH3 is 1. The van der Waals surface area contributed by atoms with Crippen molar-refractivity contribution < 1.29 is 9.53 Å². The molecule has 0 aromatic heterocycles. The van der Waals surface area contributed by atoms with Crippen molar-refractivity contribution >= 4 is 41.5 Å². The number of aliphatic imine (C=N–C) groups is 1. The number of guanidine groups is 1. The van der Waals surface area contributed by atoms with Crippen molar-refractivity contribution in [3.8, 4) is 5.75 Å². The largest absolute Gasteiger partial charge is 0.495 e. The predicted molar refractivity (Wildman–Crippen MR) is 142 cm³/mol. The maximum Gasteiger partial charge on any atom is 0.222 e. The van der Waals surface area contributed by atoms with Gasteiger partial charge in [0.1, 0.15) is 5.75 Å². The summed E-state index contributed by atoms with van der Waals surface area (Å²) in [5.74, 6) is 2.67. The van der Waals surface area contributed by atoms with Crippen molar-refractivity contribution in [2.75, 3.05) is 57.8 Å². The van der Waals surface area contributed by atoms with Gasteiger partial charge in [0.15, 0.2) is 5.96 Å². The van der Waals surface area contributed by atoms with Gasteiger partial charge in [0.05, 0.1) is 12.8 Å². The maximum absolute atomic E-state index is 12.1. The van der Waals surface area contributed by atoms with Crippen LogP contribution in [0.25, 0.3) is 0 Å². The van der Waals surface area contributed by atoms with Crippen LogP contribution in [0.3, 0.4) is 0 Å². The van der Waals surface area contributed by atoms with Crippen molar-refractivity contribution in [3.05, 3.63) is 24.3 Å². The van der Waals surface area contributed by atoms with Gasteiger partial charge in [0, 0.05) is 52.2 Å². The van der Waals surface area contributed by atoms with E-state index in [2.05, 4.69) is 34.6 Å². The molecule has 2 aliphatic heterocycles. The Morgan fingerprint density at radius 2 is 2.03 bits per heavy atom. The Morgan fingerprint density at radius 3 is 2.84 bits per heavy atom. The Bertz CT molecular complexity index is 730. The topological polar surface area (TPSA) is 69.2 Å². The molecule has 180 valence electrons.